The molecule has 0 spiro atoms. The van der Waals surface area contributed by atoms with Crippen LogP contribution >= 0.6 is 11.6 Å². The summed E-state index contributed by atoms with van der Waals surface area (Å²) in [5.41, 5.74) is 1.64. The summed E-state index contributed by atoms with van der Waals surface area (Å²) >= 11 is 5.98. The van der Waals surface area contributed by atoms with Crippen molar-refractivity contribution in [2.24, 2.45) is 17.8 Å². The van der Waals surface area contributed by atoms with Crippen LogP contribution in [0, 0.1) is 24.7 Å². The standard InChI is InChI=1S/C16H24ClNO/c1-10(2)15(11(3)4)9-18-16(19)13-6-12(5)7-14(17)8-13/h6-8,10-11,15H,9H2,1-5H3,(H,18,19). The number of nitrogens with one attached hydrogen (secondary N) is 1. The Hall–Kier alpha value is -1.02. The van der Waals surface area contributed by atoms with Gasteiger partial charge in [-0.15, -0.1) is 0 Å². The Labute approximate surface area is 121 Å². The van der Waals surface area contributed by atoms with Crippen molar-refractivity contribution in [1.82, 2.24) is 5.32 Å². The van der Waals surface area contributed by atoms with Gasteiger partial charge in [0, 0.05) is 17.1 Å². The predicted octanol–water partition coefficient (Wildman–Crippen LogP) is 4.31. The fourth-order valence-corrected chi connectivity index (χ4v) is 2.71. The van der Waals surface area contributed by atoms with Crippen molar-refractivity contribution in [3.8, 4) is 0 Å². The van der Waals surface area contributed by atoms with Gasteiger partial charge in [0.15, 0.2) is 0 Å². The largest absolute Gasteiger partial charge is 0.352 e. The Morgan fingerprint density at radius 2 is 1.74 bits per heavy atom. The number of benzene rings is 1. The minimum absolute atomic E-state index is 0.0445. The van der Waals surface area contributed by atoms with Gasteiger partial charge in [-0.1, -0.05) is 39.3 Å². The van der Waals surface area contributed by atoms with Crippen LogP contribution in [0.4, 0.5) is 0 Å². The average Bonchev–Trinajstić information content (AvgIpc) is 2.26. The maximum atomic E-state index is 12.1. The highest BCUT2D eigenvalue weighted by Crippen LogP contribution is 2.20. The molecule has 0 heterocycles. The Balaban J connectivity index is 2.69. The highest BCUT2D eigenvalue weighted by atomic mass is 35.5. The van der Waals surface area contributed by atoms with Crippen LogP contribution in [0.5, 0.6) is 0 Å². The zero-order valence-electron chi connectivity index (χ0n) is 12.5. The molecular formula is C16H24ClNO. The molecule has 0 aliphatic rings. The summed E-state index contributed by atoms with van der Waals surface area (Å²) in [5, 5.41) is 3.62. The summed E-state index contributed by atoms with van der Waals surface area (Å²) in [6.45, 7) is 11.4. The van der Waals surface area contributed by atoms with E-state index in [1.54, 1.807) is 6.07 Å². The lowest BCUT2D eigenvalue weighted by Gasteiger charge is -2.25. The fraction of sp³-hybridized carbons (Fsp3) is 0.562. The zero-order chi connectivity index (χ0) is 14.6. The molecule has 0 bridgehead atoms. The molecule has 0 aliphatic heterocycles. The molecule has 1 rings (SSSR count). The van der Waals surface area contributed by atoms with E-state index in [1.165, 1.54) is 0 Å². The molecule has 1 aromatic carbocycles. The molecule has 0 aliphatic carbocycles. The number of hydrogen-bond acceptors (Lipinski definition) is 1. The number of halogens is 1. The van der Waals surface area contributed by atoms with Gasteiger partial charge in [0.05, 0.1) is 0 Å². The third-order valence-corrected chi connectivity index (χ3v) is 3.73. The van der Waals surface area contributed by atoms with Crippen LogP contribution in [0.15, 0.2) is 18.2 Å². The van der Waals surface area contributed by atoms with Crippen LogP contribution in [-0.4, -0.2) is 12.5 Å². The lowest BCUT2D eigenvalue weighted by molar-refractivity contribution is 0.0937. The minimum atomic E-state index is -0.0445. The van der Waals surface area contributed by atoms with Crippen molar-refractivity contribution in [2.75, 3.05) is 6.54 Å². The first-order valence-corrected chi connectivity index (χ1v) is 7.24. The molecule has 0 saturated carbocycles. The van der Waals surface area contributed by atoms with Crippen molar-refractivity contribution in [3.05, 3.63) is 34.3 Å². The average molecular weight is 282 g/mol. The van der Waals surface area contributed by atoms with E-state index < -0.39 is 0 Å². The van der Waals surface area contributed by atoms with E-state index in [-0.39, 0.29) is 5.91 Å². The van der Waals surface area contributed by atoms with Crippen molar-refractivity contribution < 1.29 is 4.79 Å². The molecule has 106 valence electrons. The second kappa shape index (κ2) is 6.95. The Morgan fingerprint density at radius 3 is 2.21 bits per heavy atom. The third kappa shape index (κ3) is 4.87. The first kappa shape index (κ1) is 16.0. The fourth-order valence-electron chi connectivity index (χ4n) is 2.42. The van der Waals surface area contributed by atoms with E-state index in [4.69, 9.17) is 11.6 Å². The number of aryl methyl sites for hydroxylation is 1. The van der Waals surface area contributed by atoms with E-state index in [0.29, 0.717) is 34.9 Å². The molecule has 1 amide bonds. The molecule has 0 fully saturated rings. The van der Waals surface area contributed by atoms with Gasteiger partial charge in [0.2, 0.25) is 0 Å². The van der Waals surface area contributed by atoms with E-state index in [2.05, 4.69) is 33.0 Å². The number of amides is 1. The maximum absolute atomic E-state index is 12.1. The van der Waals surface area contributed by atoms with E-state index >= 15 is 0 Å². The summed E-state index contributed by atoms with van der Waals surface area (Å²) in [7, 11) is 0. The first-order valence-electron chi connectivity index (χ1n) is 6.86. The Kier molecular flexibility index (Phi) is 5.86. The van der Waals surface area contributed by atoms with Gasteiger partial charge in [0.1, 0.15) is 0 Å². The van der Waals surface area contributed by atoms with Gasteiger partial charge in [-0.25, -0.2) is 0 Å². The number of rotatable bonds is 5. The van der Waals surface area contributed by atoms with E-state index in [9.17, 15) is 4.79 Å². The summed E-state index contributed by atoms with van der Waals surface area (Å²) < 4.78 is 0. The zero-order valence-corrected chi connectivity index (χ0v) is 13.2. The molecule has 2 nitrogen and oxygen atoms in total. The topological polar surface area (TPSA) is 29.1 Å². The Bertz CT molecular complexity index is 412. The molecule has 0 saturated heterocycles. The smallest absolute Gasteiger partial charge is 0.251 e. The lowest BCUT2D eigenvalue weighted by Crippen LogP contribution is -2.33. The highest BCUT2D eigenvalue weighted by Gasteiger charge is 2.18. The molecule has 0 atom stereocenters. The molecule has 0 aromatic heterocycles. The molecule has 0 unspecified atom stereocenters. The van der Waals surface area contributed by atoms with Crippen LogP contribution in [-0.2, 0) is 0 Å². The molecular weight excluding hydrogens is 258 g/mol. The summed E-state index contributed by atoms with van der Waals surface area (Å²) in [6, 6.07) is 5.42. The van der Waals surface area contributed by atoms with Crippen LogP contribution in [0.25, 0.3) is 0 Å². The number of carbonyl (C=O) groups is 1. The predicted molar refractivity (Wildman–Crippen MR) is 81.7 cm³/mol. The van der Waals surface area contributed by atoms with Crippen molar-refractivity contribution in [3.63, 3.8) is 0 Å². The third-order valence-electron chi connectivity index (χ3n) is 3.52. The van der Waals surface area contributed by atoms with E-state index in [0.717, 1.165) is 5.56 Å². The highest BCUT2D eigenvalue weighted by molar-refractivity contribution is 6.31. The van der Waals surface area contributed by atoms with Crippen molar-refractivity contribution >= 4 is 17.5 Å². The van der Waals surface area contributed by atoms with Gasteiger partial charge in [-0.2, -0.15) is 0 Å². The minimum Gasteiger partial charge on any atom is -0.352 e. The second-order valence-corrected chi connectivity index (χ2v) is 6.32. The molecule has 19 heavy (non-hydrogen) atoms. The molecule has 1 N–H and O–H groups in total. The van der Waals surface area contributed by atoms with Crippen LogP contribution in [0.1, 0.15) is 43.6 Å². The first-order chi connectivity index (χ1) is 8.81. The van der Waals surface area contributed by atoms with Crippen molar-refractivity contribution in [2.45, 2.75) is 34.6 Å². The normalized spacial score (nSPS) is 11.4. The Morgan fingerprint density at radius 1 is 1.16 bits per heavy atom. The SMILES string of the molecule is Cc1cc(Cl)cc(C(=O)NCC(C(C)C)C(C)C)c1. The van der Waals surface area contributed by atoms with Gasteiger partial charge in [-0.05, 0) is 48.4 Å². The summed E-state index contributed by atoms with van der Waals surface area (Å²) in [4.78, 5) is 12.1. The van der Waals surface area contributed by atoms with Crippen LogP contribution in [0.2, 0.25) is 5.02 Å². The monoisotopic (exact) mass is 281 g/mol. The van der Waals surface area contributed by atoms with Gasteiger partial charge < -0.3 is 5.32 Å². The second-order valence-electron chi connectivity index (χ2n) is 5.88. The van der Waals surface area contributed by atoms with Crippen molar-refractivity contribution in [1.29, 1.82) is 0 Å². The lowest BCUT2D eigenvalue weighted by atomic mass is 9.85. The number of hydrogen-bond donors (Lipinski definition) is 1. The molecule has 1 aromatic rings. The van der Waals surface area contributed by atoms with Crippen LogP contribution in [0.3, 0.4) is 0 Å². The summed E-state index contributed by atoms with van der Waals surface area (Å²) in [6.07, 6.45) is 0. The maximum Gasteiger partial charge on any atom is 0.251 e. The quantitative estimate of drug-likeness (QED) is 0.856. The van der Waals surface area contributed by atoms with Gasteiger partial charge in [0.25, 0.3) is 5.91 Å². The number of carbonyl (C=O) groups excluding carboxylic acids is 1. The van der Waals surface area contributed by atoms with Gasteiger partial charge in [-0.3, -0.25) is 4.79 Å². The molecule has 3 heteroatoms. The van der Waals surface area contributed by atoms with Gasteiger partial charge >= 0.3 is 0 Å². The molecule has 0 radical (unpaired) electrons. The summed E-state index contributed by atoms with van der Waals surface area (Å²) in [5.74, 6) is 1.56. The van der Waals surface area contributed by atoms with E-state index in [1.807, 2.05) is 19.1 Å². The van der Waals surface area contributed by atoms with Crippen LogP contribution < -0.4 is 5.32 Å².